The Balaban J connectivity index is 0.00000192. The summed E-state index contributed by atoms with van der Waals surface area (Å²) in [6, 6.07) is 7.60. The molecule has 1 atom stereocenters. The molecule has 0 spiro atoms. The molecule has 126 valence electrons. The number of benzene rings is 1. The summed E-state index contributed by atoms with van der Waals surface area (Å²) in [6.45, 7) is 4.20. The first-order valence-corrected chi connectivity index (χ1v) is 8.19. The molecule has 1 unspecified atom stereocenters. The van der Waals surface area contributed by atoms with Gasteiger partial charge in [-0.1, -0.05) is 17.7 Å². The second-order valence-corrected chi connectivity index (χ2v) is 6.39. The van der Waals surface area contributed by atoms with Crippen molar-refractivity contribution in [3.63, 3.8) is 0 Å². The molecule has 1 fully saturated rings. The van der Waals surface area contributed by atoms with Crippen LogP contribution in [0.15, 0.2) is 34.9 Å². The van der Waals surface area contributed by atoms with Crippen molar-refractivity contribution in [2.45, 2.75) is 19.4 Å². The van der Waals surface area contributed by atoms with Crippen LogP contribution in [0.5, 0.6) is 0 Å². The zero-order chi connectivity index (χ0) is 15.4. The number of piperidine rings is 1. The quantitative estimate of drug-likeness (QED) is 0.884. The monoisotopic (exact) mass is 355 g/mol. The van der Waals surface area contributed by atoms with Gasteiger partial charge in [0.15, 0.2) is 0 Å². The molecule has 0 amide bonds. The number of oxazole rings is 1. The van der Waals surface area contributed by atoms with Crippen molar-refractivity contribution in [2.24, 2.45) is 5.92 Å². The predicted octanol–water partition coefficient (Wildman–Crippen LogP) is 3.85. The van der Waals surface area contributed by atoms with Gasteiger partial charge in [-0.05, 0) is 57.1 Å². The Hall–Kier alpha value is -1.07. The molecule has 0 radical (unpaired) electrons. The Bertz CT molecular complexity index is 615. The highest BCUT2D eigenvalue weighted by atomic mass is 35.5. The van der Waals surface area contributed by atoms with Gasteiger partial charge in [-0.2, -0.15) is 0 Å². The second kappa shape index (κ2) is 8.69. The Morgan fingerprint density at radius 2 is 2.30 bits per heavy atom. The summed E-state index contributed by atoms with van der Waals surface area (Å²) < 4.78 is 5.61. The van der Waals surface area contributed by atoms with Gasteiger partial charge in [-0.3, -0.25) is 4.90 Å². The topological polar surface area (TPSA) is 41.3 Å². The van der Waals surface area contributed by atoms with Crippen molar-refractivity contribution in [3.8, 4) is 11.5 Å². The maximum atomic E-state index is 6.02. The first-order chi connectivity index (χ1) is 10.7. The van der Waals surface area contributed by atoms with Crippen LogP contribution in [-0.4, -0.2) is 36.6 Å². The smallest absolute Gasteiger partial charge is 0.226 e. The molecule has 1 aliphatic rings. The van der Waals surface area contributed by atoms with Gasteiger partial charge >= 0.3 is 0 Å². The van der Waals surface area contributed by atoms with E-state index in [1.165, 1.54) is 12.8 Å². The third-order valence-corrected chi connectivity index (χ3v) is 4.34. The summed E-state index contributed by atoms with van der Waals surface area (Å²) in [6.07, 6.45) is 4.33. The molecule has 3 rings (SSSR count). The summed E-state index contributed by atoms with van der Waals surface area (Å²) in [5.74, 6) is 1.37. The summed E-state index contributed by atoms with van der Waals surface area (Å²) in [5.41, 5.74) is 1.91. The summed E-state index contributed by atoms with van der Waals surface area (Å²) >= 11 is 6.02. The standard InChI is InChI=1S/C17H22ClN3O.ClH/c1-19-9-13-4-3-7-21(10-13)11-16-12-22-17(20-16)14-5-2-6-15(18)8-14;/h2,5-6,8,12-13,19H,3-4,7,9-11H2,1H3;1H. The van der Waals surface area contributed by atoms with Crippen LogP contribution in [0.25, 0.3) is 11.5 Å². The fourth-order valence-corrected chi connectivity index (χ4v) is 3.30. The fraction of sp³-hybridized carbons (Fsp3) is 0.471. The summed E-state index contributed by atoms with van der Waals surface area (Å²) in [7, 11) is 2.02. The SMILES string of the molecule is CNCC1CCCN(Cc2coc(-c3cccc(Cl)c3)n2)C1.Cl. The minimum absolute atomic E-state index is 0. The number of halogens is 2. The fourth-order valence-electron chi connectivity index (χ4n) is 3.11. The molecule has 0 saturated carbocycles. The Morgan fingerprint density at radius 1 is 1.43 bits per heavy atom. The summed E-state index contributed by atoms with van der Waals surface area (Å²) in [5, 5.41) is 3.98. The van der Waals surface area contributed by atoms with Crippen molar-refractivity contribution in [2.75, 3.05) is 26.7 Å². The van der Waals surface area contributed by atoms with Crippen LogP contribution in [0.2, 0.25) is 5.02 Å². The van der Waals surface area contributed by atoms with Crippen molar-refractivity contribution in [1.82, 2.24) is 15.2 Å². The third-order valence-electron chi connectivity index (χ3n) is 4.10. The van der Waals surface area contributed by atoms with Crippen LogP contribution in [0.1, 0.15) is 18.5 Å². The molecule has 0 bridgehead atoms. The second-order valence-electron chi connectivity index (χ2n) is 5.96. The number of nitrogens with one attached hydrogen (secondary N) is 1. The molecule has 1 aromatic carbocycles. The van der Waals surface area contributed by atoms with E-state index >= 15 is 0 Å². The third kappa shape index (κ3) is 4.95. The van der Waals surface area contributed by atoms with Crippen molar-refractivity contribution >= 4 is 24.0 Å². The molecule has 4 nitrogen and oxygen atoms in total. The van der Waals surface area contributed by atoms with Crippen molar-refractivity contribution in [3.05, 3.63) is 41.2 Å². The van der Waals surface area contributed by atoms with Gasteiger partial charge < -0.3 is 9.73 Å². The largest absolute Gasteiger partial charge is 0.444 e. The predicted molar refractivity (Wildman–Crippen MR) is 96.1 cm³/mol. The zero-order valence-corrected chi connectivity index (χ0v) is 14.9. The molecule has 23 heavy (non-hydrogen) atoms. The number of likely N-dealkylation sites (tertiary alicyclic amines) is 1. The number of rotatable bonds is 5. The van der Waals surface area contributed by atoms with E-state index in [9.17, 15) is 0 Å². The molecular weight excluding hydrogens is 333 g/mol. The molecule has 2 aromatic rings. The van der Waals surface area contributed by atoms with Gasteiger partial charge in [0, 0.05) is 23.7 Å². The lowest BCUT2D eigenvalue weighted by Gasteiger charge is -2.32. The Labute approximate surface area is 148 Å². The maximum absolute atomic E-state index is 6.02. The molecule has 1 saturated heterocycles. The van der Waals surface area contributed by atoms with E-state index in [4.69, 9.17) is 16.0 Å². The molecular formula is C17H23Cl2N3O. The molecule has 2 heterocycles. The van der Waals surface area contributed by atoms with E-state index in [0.717, 1.165) is 43.4 Å². The molecule has 1 N–H and O–H groups in total. The van der Waals surface area contributed by atoms with Gasteiger partial charge in [0.25, 0.3) is 0 Å². The lowest BCUT2D eigenvalue weighted by molar-refractivity contribution is 0.165. The number of hydrogen-bond donors (Lipinski definition) is 1. The van der Waals surface area contributed by atoms with Crippen LogP contribution in [-0.2, 0) is 6.54 Å². The minimum atomic E-state index is 0. The van der Waals surface area contributed by atoms with Gasteiger partial charge in [-0.15, -0.1) is 12.4 Å². The first-order valence-electron chi connectivity index (χ1n) is 7.82. The summed E-state index contributed by atoms with van der Waals surface area (Å²) in [4.78, 5) is 7.07. The van der Waals surface area contributed by atoms with Crippen LogP contribution in [0.3, 0.4) is 0 Å². The Morgan fingerprint density at radius 3 is 3.09 bits per heavy atom. The van der Waals surface area contributed by atoms with Crippen molar-refractivity contribution < 1.29 is 4.42 Å². The van der Waals surface area contributed by atoms with Crippen LogP contribution >= 0.6 is 24.0 Å². The van der Waals surface area contributed by atoms with Gasteiger partial charge in [0.05, 0.1) is 5.69 Å². The normalized spacial score (nSPS) is 18.6. The number of hydrogen-bond acceptors (Lipinski definition) is 4. The highest BCUT2D eigenvalue weighted by Gasteiger charge is 2.20. The average molecular weight is 356 g/mol. The number of aromatic nitrogens is 1. The molecule has 0 aliphatic carbocycles. The van der Waals surface area contributed by atoms with E-state index in [0.29, 0.717) is 10.9 Å². The van der Waals surface area contributed by atoms with Crippen LogP contribution in [0.4, 0.5) is 0 Å². The van der Waals surface area contributed by atoms with E-state index in [1.54, 1.807) is 6.26 Å². The van der Waals surface area contributed by atoms with Gasteiger partial charge in [-0.25, -0.2) is 4.98 Å². The first kappa shape index (κ1) is 18.3. The minimum Gasteiger partial charge on any atom is -0.444 e. The molecule has 1 aromatic heterocycles. The Kier molecular flexibility index (Phi) is 6.90. The van der Waals surface area contributed by atoms with Crippen molar-refractivity contribution in [1.29, 1.82) is 0 Å². The van der Waals surface area contributed by atoms with Gasteiger partial charge in [0.2, 0.25) is 5.89 Å². The van der Waals surface area contributed by atoms with Crippen LogP contribution in [0, 0.1) is 5.92 Å². The van der Waals surface area contributed by atoms with E-state index < -0.39 is 0 Å². The van der Waals surface area contributed by atoms with E-state index in [2.05, 4.69) is 15.2 Å². The zero-order valence-electron chi connectivity index (χ0n) is 13.3. The number of nitrogens with zero attached hydrogens (tertiary/aromatic N) is 2. The van der Waals surface area contributed by atoms with E-state index in [-0.39, 0.29) is 12.4 Å². The molecule has 6 heteroatoms. The van der Waals surface area contributed by atoms with E-state index in [1.807, 2.05) is 31.3 Å². The van der Waals surface area contributed by atoms with Crippen LogP contribution < -0.4 is 5.32 Å². The lowest BCUT2D eigenvalue weighted by atomic mass is 9.98. The highest BCUT2D eigenvalue weighted by Crippen LogP contribution is 2.23. The van der Waals surface area contributed by atoms with Gasteiger partial charge in [0.1, 0.15) is 6.26 Å². The molecule has 1 aliphatic heterocycles. The maximum Gasteiger partial charge on any atom is 0.226 e. The lowest BCUT2D eigenvalue weighted by Crippen LogP contribution is -2.38. The highest BCUT2D eigenvalue weighted by molar-refractivity contribution is 6.30. The average Bonchev–Trinajstić information content (AvgIpc) is 2.96.